The van der Waals surface area contributed by atoms with Gasteiger partial charge < -0.3 is 19.4 Å². The molecule has 1 aromatic carbocycles. The smallest absolute Gasteiger partial charge is 0.227 e. The highest BCUT2D eigenvalue weighted by Crippen LogP contribution is 2.28. The molecule has 3 heterocycles. The molecule has 144 valence electrons. The second kappa shape index (κ2) is 8.02. The van der Waals surface area contributed by atoms with Crippen molar-refractivity contribution in [2.75, 3.05) is 26.7 Å². The van der Waals surface area contributed by atoms with Gasteiger partial charge in [0.1, 0.15) is 11.3 Å². The number of fused-ring (bicyclic) bond motifs is 1. The number of ether oxygens (including phenoxy) is 1. The van der Waals surface area contributed by atoms with Crippen molar-refractivity contribution in [3.05, 3.63) is 48.0 Å². The van der Waals surface area contributed by atoms with Gasteiger partial charge in [0.15, 0.2) is 0 Å². The molecule has 1 fully saturated rings. The summed E-state index contributed by atoms with van der Waals surface area (Å²) in [6.07, 6.45) is 5.79. The Morgan fingerprint density at radius 3 is 3.04 bits per heavy atom. The molecule has 0 aliphatic carbocycles. The minimum atomic E-state index is 0. The van der Waals surface area contributed by atoms with Crippen LogP contribution in [0.3, 0.4) is 0 Å². The molecule has 2 aromatic heterocycles. The normalized spacial score (nSPS) is 17.0. The third-order valence-corrected chi connectivity index (χ3v) is 4.88. The third kappa shape index (κ3) is 3.79. The van der Waals surface area contributed by atoms with Crippen molar-refractivity contribution in [2.24, 2.45) is 7.05 Å². The summed E-state index contributed by atoms with van der Waals surface area (Å²) >= 11 is 0. The summed E-state index contributed by atoms with van der Waals surface area (Å²) in [5.74, 6) is 0.836. The van der Waals surface area contributed by atoms with Crippen LogP contribution in [0.25, 0.3) is 11.0 Å². The molecule has 8 heteroatoms. The molecule has 3 aromatic rings. The van der Waals surface area contributed by atoms with Gasteiger partial charge in [0.2, 0.25) is 5.91 Å². The van der Waals surface area contributed by atoms with Crippen molar-refractivity contribution >= 4 is 29.3 Å². The largest absolute Gasteiger partial charge is 0.497 e. The molecular formula is C19H23ClN4O3. The fraction of sp³-hybridized carbons (Fsp3) is 0.368. The van der Waals surface area contributed by atoms with Crippen molar-refractivity contribution in [2.45, 2.75) is 12.5 Å². The van der Waals surface area contributed by atoms with Crippen LogP contribution in [-0.2, 0) is 18.3 Å². The molecule has 0 spiro atoms. The summed E-state index contributed by atoms with van der Waals surface area (Å²) in [7, 11) is 3.51. The third-order valence-electron chi connectivity index (χ3n) is 4.88. The highest BCUT2D eigenvalue weighted by atomic mass is 35.5. The predicted octanol–water partition coefficient (Wildman–Crippen LogP) is 2.31. The lowest BCUT2D eigenvalue weighted by Crippen LogP contribution is -2.49. The Hall–Kier alpha value is -2.51. The van der Waals surface area contributed by atoms with Gasteiger partial charge in [-0.2, -0.15) is 5.10 Å². The fourth-order valence-electron chi connectivity index (χ4n) is 3.50. The maximum Gasteiger partial charge on any atom is 0.227 e. The average molecular weight is 391 g/mol. The molecule has 0 bridgehead atoms. The van der Waals surface area contributed by atoms with E-state index in [2.05, 4.69) is 10.4 Å². The van der Waals surface area contributed by atoms with Gasteiger partial charge in [0, 0.05) is 55.5 Å². The number of aryl methyl sites for hydroxylation is 1. The number of piperazine rings is 1. The number of aromatic nitrogens is 2. The van der Waals surface area contributed by atoms with E-state index in [0.717, 1.165) is 40.9 Å². The first-order valence-electron chi connectivity index (χ1n) is 8.68. The maximum absolute atomic E-state index is 13.0. The van der Waals surface area contributed by atoms with Gasteiger partial charge in [-0.25, -0.2) is 0 Å². The summed E-state index contributed by atoms with van der Waals surface area (Å²) in [4.78, 5) is 15.0. The van der Waals surface area contributed by atoms with E-state index in [1.54, 1.807) is 18.1 Å². The van der Waals surface area contributed by atoms with E-state index in [1.807, 2.05) is 42.5 Å². The summed E-state index contributed by atoms with van der Waals surface area (Å²) in [5.41, 5.74) is 2.68. The number of hydrogen-bond donors (Lipinski definition) is 1. The fourth-order valence-corrected chi connectivity index (χ4v) is 3.50. The minimum absolute atomic E-state index is 0. The number of nitrogens with one attached hydrogen (secondary N) is 1. The van der Waals surface area contributed by atoms with E-state index < -0.39 is 0 Å². The molecule has 1 unspecified atom stereocenters. The van der Waals surface area contributed by atoms with Crippen molar-refractivity contribution in [1.29, 1.82) is 0 Å². The van der Waals surface area contributed by atoms with Crippen LogP contribution in [0.4, 0.5) is 0 Å². The molecule has 1 aliphatic heterocycles. The highest BCUT2D eigenvalue weighted by molar-refractivity contribution is 5.88. The lowest BCUT2D eigenvalue weighted by Gasteiger charge is -2.35. The van der Waals surface area contributed by atoms with Crippen molar-refractivity contribution in [3.8, 4) is 5.75 Å². The molecule has 0 radical (unpaired) electrons. The second-order valence-electron chi connectivity index (χ2n) is 6.55. The van der Waals surface area contributed by atoms with Crippen LogP contribution < -0.4 is 10.1 Å². The van der Waals surface area contributed by atoms with E-state index in [0.29, 0.717) is 13.0 Å². The summed E-state index contributed by atoms with van der Waals surface area (Å²) in [6, 6.07) is 5.67. The SMILES string of the molecule is COc1ccc2c(CC(=O)N3CCNCC3c3cnn(C)c3)coc2c1.Cl. The first-order chi connectivity index (χ1) is 12.7. The number of benzene rings is 1. The zero-order valence-electron chi connectivity index (χ0n) is 15.3. The Balaban J connectivity index is 0.00000210. The topological polar surface area (TPSA) is 72.5 Å². The van der Waals surface area contributed by atoms with Gasteiger partial charge >= 0.3 is 0 Å². The van der Waals surface area contributed by atoms with Crippen LogP contribution in [0.1, 0.15) is 17.2 Å². The summed E-state index contributed by atoms with van der Waals surface area (Å²) in [5, 5.41) is 8.56. The monoisotopic (exact) mass is 390 g/mol. The number of furan rings is 1. The second-order valence-corrected chi connectivity index (χ2v) is 6.55. The van der Waals surface area contributed by atoms with Gasteiger partial charge in [0.05, 0.1) is 32.0 Å². The average Bonchev–Trinajstić information content (AvgIpc) is 3.27. The van der Waals surface area contributed by atoms with Gasteiger partial charge in [-0.1, -0.05) is 0 Å². The molecule has 7 nitrogen and oxygen atoms in total. The van der Waals surface area contributed by atoms with Gasteiger partial charge in [0.25, 0.3) is 0 Å². The summed E-state index contributed by atoms with van der Waals surface area (Å²) < 4.78 is 12.6. The number of hydrogen-bond acceptors (Lipinski definition) is 5. The molecule has 1 atom stereocenters. The molecule has 4 rings (SSSR count). The Bertz CT molecular complexity index is 936. The zero-order chi connectivity index (χ0) is 18.1. The van der Waals surface area contributed by atoms with Crippen LogP contribution in [-0.4, -0.2) is 47.3 Å². The maximum atomic E-state index is 13.0. The number of halogens is 1. The van der Waals surface area contributed by atoms with E-state index in [-0.39, 0.29) is 24.4 Å². The number of nitrogens with zero attached hydrogens (tertiary/aromatic N) is 3. The molecule has 0 saturated carbocycles. The highest BCUT2D eigenvalue weighted by Gasteiger charge is 2.29. The standard InChI is InChI=1S/C19H22N4O3.ClH/c1-22-11-14(9-21-22)17-10-20-5-6-23(17)19(24)7-13-12-26-18-8-15(25-2)3-4-16(13)18;/h3-4,8-9,11-12,17,20H,5-7,10H2,1-2H3;1H. The van der Waals surface area contributed by atoms with Gasteiger partial charge in [-0.05, 0) is 12.1 Å². The summed E-state index contributed by atoms with van der Waals surface area (Å²) in [6.45, 7) is 2.22. The molecule has 1 saturated heterocycles. The van der Waals surface area contributed by atoms with E-state index in [4.69, 9.17) is 9.15 Å². The van der Waals surface area contributed by atoms with Crippen LogP contribution in [0.15, 0.2) is 41.3 Å². The Kier molecular flexibility index (Phi) is 5.72. The van der Waals surface area contributed by atoms with Crippen molar-refractivity contribution < 1.29 is 13.9 Å². The van der Waals surface area contributed by atoms with Crippen LogP contribution >= 0.6 is 12.4 Å². The molecule has 1 amide bonds. The van der Waals surface area contributed by atoms with Crippen molar-refractivity contribution in [3.63, 3.8) is 0 Å². The molecule has 1 N–H and O–H groups in total. The first-order valence-corrected chi connectivity index (χ1v) is 8.68. The van der Waals surface area contributed by atoms with E-state index in [1.165, 1.54) is 0 Å². The predicted molar refractivity (Wildman–Crippen MR) is 104 cm³/mol. The quantitative estimate of drug-likeness (QED) is 0.740. The van der Waals surface area contributed by atoms with E-state index in [9.17, 15) is 4.79 Å². The number of rotatable bonds is 4. The zero-order valence-corrected chi connectivity index (χ0v) is 16.2. The van der Waals surface area contributed by atoms with Gasteiger partial charge in [-0.15, -0.1) is 12.4 Å². The Labute approximate surface area is 163 Å². The van der Waals surface area contributed by atoms with Crippen molar-refractivity contribution in [1.82, 2.24) is 20.0 Å². The van der Waals surface area contributed by atoms with Gasteiger partial charge in [-0.3, -0.25) is 9.48 Å². The lowest BCUT2D eigenvalue weighted by molar-refractivity contribution is -0.133. The molecule has 27 heavy (non-hydrogen) atoms. The van der Waals surface area contributed by atoms with Crippen LogP contribution in [0.2, 0.25) is 0 Å². The first kappa shape index (κ1) is 19.3. The minimum Gasteiger partial charge on any atom is -0.497 e. The Morgan fingerprint density at radius 2 is 2.30 bits per heavy atom. The number of carbonyl (C=O) groups is 1. The lowest BCUT2D eigenvalue weighted by atomic mass is 10.0. The number of amides is 1. The number of methoxy groups -OCH3 is 1. The molecule has 1 aliphatic rings. The van der Waals surface area contributed by atoms with Crippen LogP contribution in [0, 0.1) is 0 Å². The van der Waals surface area contributed by atoms with E-state index >= 15 is 0 Å². The van der Waals surface area contributed by atoms with Crippen LogP contribution in [0.5, 0.6) is 5.75 Å². The number of carbonyl (C=O) groups excluding carboxylic acids is 1. The molecular weight excluding hydrogens is 368 g/mol. The Morgan fingerprint density at radius 1 is 1.44 bits per heavy atom.